The van der Waals surface area contributed by atoms with E-state index in [1.807, 2.05) is 30.3 Å². The lowest BCUT2D eigenvalue weighted by molar-refractivity contribution is -0.131. The quantitative estimate of drug-likeness (QED) is 0.285. The molecule has 2 N–H and O–H groups in total. The van der Waals surface area contributed by atoms with E-state index in [2.05, 4.69) is 10.1 Å². The van der Waals surface area contributed by atoms with Gasteiger partial charge in [0.15, 0.2) is 6.61 Å². The second-order valence-electron chi connectivity index (χ2n) is 8.30. The van der Waals surface area contributed by atoms with Crippen LogP contribution < -0.4 is 14.8 Å². The highest BCUT2D eigenvalue weighted by atomic mass is 19.1. The smallest absolute Gasteiger partial charge is 0.321 e. The van der Waals surface area contributed by atoms with E-state index in [9.17, 15) is 14.0 Å². The third-order valence-electron chi connectivity index (χ3n) is 5.55. The third kappa shape index (κ3) is 7.20. The highest BCUT2D eigenvalue weighted by Crippen LogP contribution is 2.24. The number of hydrogen-bond acceptors (Lipinski definition) is 4. The third-order valence-corrected chi connectivity index (χ3v) is 5.55. The van der Waals surface area contributed by atoms with E-state index in [0.717, 1.165) is 17.1 Å². The van der Waals surface area contributed by atoms with Crippen LogP contribution in [-0.4, -0.2) is 40.8 Å². The minimum atomic E-state index is -0.413. The normalized spacial score (nSPS) is 13.7. The molecule has 1 heterocycles. The van der Waals surface area contributed by atoms with E-state index in [-0.39, 0.29) is 18.0 Å². The minimum Gasteiger partial charge on any atom is -0.579 e. The molecule has 1 aliphatic rings. The average Bonchev–Trinajstić information content (AvgIpc) is 2.84. The Morgan fingerprint density at radius 1 is 1.00 bits per heavy atom. The number of ether oxygens (including phenoxy) is 3. The molecule has 0 atom stereocenters. The number of amides is 2. The summed E-state index contributed by atoms with van der Waals surface area (Å²) in [7, 11) is 0. The molecule has 0 spiro atoms. The van der Waals surface area contributed by atoms with Crippen molar-refractivity contribution in [2.45, 2.75) is 32.5 Å². The van der Waals surface area contributed by atoms with Crippen LogP contribution in [0.3, 0.4) is 0 Å². The molecule has 3 aromatic carbocycles. The lowest BCUT2D eigenvalue weighted by atomic mass is 10.1. The highest BCUT2D eigenvalue weighted by molar-refractivity contribution is 5.89. The maximum Gasteiger partial charge on any atom is 0.321 e. The van der Waals surface area contributed by atoms with Crippen LogP contribution in [0.2, 0.25) is 0 Å². The molecule has 182 valence electrons. The lowest BCUT2D eigenvalue weighted by Crippen LogP contribution is -2.43. The number of aliphatic hydroxyl groups is 1. The number of likely N-dealkylation sites (tertiary alicyclic amines) is 1. The van der Waals surface area contributed by atoms with E-state index in [1.54, 1.807) is 35.2 Å². The zero-order valence-corrected chi connectivity index (χ0v) is 19.4. The van der Waals surface area contributed by atoms with Crippen molar-refractivity contribution in [2.75, 3.05) is 18.4 Å². The summed E-state index contributed by atoms with van der Waals surface area (Å²) in [5, 5.41) is 2.85. The first-order chi connectivity index (χ1) is 16.9. The molecule has 8 heteroatoms. The second-order valence-corrected chi connectivity index (χ2v) is 8.30. The Morgan fingerprint density at radius 3 is 2.46 bits per heavy atom. The number of nitrogens with zero attached hydrogens (tertiary/aromatic N) is 1. The van der Waals surface area contributed by atoms with Crippen molar-refractivity contribution in [1.82, 2.24) is 4.90 Å². The van der Waals surface area contributed by atoms with Crippen molar-refractivity contribution in [3.63, 3.8) is 0 Å². The van der Waals surface area contributed by atoms with Crippen LogP contribution in [0.1, 0.15) is 25.3 Å². The molecule has 35 heavy (non-hydrogen) atoms. The molecule has 4 rings (SSSR count). The van der Waals surface area contributed by atoms with Gasteiger partial charge in [-0.05, 0) is 36.4 Å². The number of benzene rings is 3. The number of urea groups is 1. The summed E-state index contributed by atoms with van der Waals surface area (Å²) in [5.74, 6) is 1.25. The van der Waals surface area contributed by atoms with Crippen LogP contribution in [0.15, 0.2) is 72.8 Å². The van der Waals surface area contributed by atoms with Gasteiger partial charge in [0, 0.05) is 62.3 Å². The number of esters is 1. The number of nitrogens with one attached hydrogen (secondary N) is 1. The van der Waals surface area contributed by atoms with Gasteiger partial charge in [-0.25, -0.2) is 9.18 Å². The largest absolute Gasteiger partial charge is 0.579 e. The minimum absolute atomic E-state index is 0.0152. The number of anilines is 1. The molecule has 0 aromatic heterocycles. The maximum atomic E-state index is 13.3. The Balaban J connectivity index is 1.21. The van der Waals surface area contributed by atoms with Gasteiger partial charge < -0.3 is 24.4 Å². The van der Waals surface area contributed by atoms with E-state index < -0.39 is 5.97 Å². The molecule has 3 aromatic rings. The van der Waals surface area contributed by atoms with Gasteiger partial charge in [0.1, 0.15) is 23.4 Å². The van der Waals surface area contributed by atoms with Crippen LogP contribution >= 0.6 is 0 Å². The predicted molar refractivity (Wildman–Crippen MR) is 130 cm³/mol. The van der Waals surface area contributed by atoms with Crippen molar-refractivity contribution in [3.05, 3.63) is 84.2 Å². The number of piperidine rings is 1. The molecular weight excluding hydrogens is 451 g/mol. The van der Waals surface area contributed by atoms with E-state index in [0.29, 0.717) is 44.0 Å². The van der Waals surface area contributed by atoms with Gasteiger partial charge in [-0.15, -0.1) is 0 Å². The SMILES string of the molecule is CC(=O)Oc1cccc(NC(=O)N2CCC(Oc3ccc([OH+]Cc4cccc(F)c4)cc3)CC2)c1. The fourth-order valence-electron chi connectivity index (χ4n) is 3.82. The first kappa shape index (κ1) is 24.1. The monoisotopic (exact) mass is 479 g/mol. The van der Waals surface area contributed by atoms with Gasteiger partial charge in [0.25, 0.3) is 5.75 Å². The number of aromatic hydroxyl groups is 1. The van der Waals surface area contributed by atoms with Gasteiger partial charge in [-0.1, -0.05) is 18.2 Å². The van der Waals surface area contributed by atoms with Crippen molar-refractivity contribution < 1.29 is 28.2 Å². The summed E-state index contributed by atoms with van der Waals surface area (Å²) in [6, 6.07) is 20.4. The number of rotatable bonds is 7. The van der Waals surface area contributed by atoms with E-state index in [1.165, 1.54) is 19.1 Å². The van der Waals surface area contributed by atoms with Crippen LogP contribution in [0.4, 0.5) is 14.9 Å². The molecule has 2 amide bonds. The summed E-state index contributed by atoms with van der Waals surface area (Å²) < 4.78 is 28.9. The molecule has 1 aliphatic heterocycles. The summed E-state index contributed by atoms with van der Waals surface area (Å²) in [6.45, 7) is 2.88. The molecule has 0 unspecified atom stereocenters. The number of halogens is 1. The van der Waals surface area contributed by atoms with E-state index >= 15 is 0 Å². The Kier molecular flexibility index (Phi) is 7.82. The molecule has 0 saturated carbocycles. The van der Waals surface area contributed by atoms with Crippen molar-refractivity contribution in [2.24, 2.45) is 0 Å². The molecule has 0 aliphatic carbocycles. The highest BCUT2D eigenvalue weighted by Gasteiger charge is 2.24. The van der Waals surface area contributed by atoms with E-state index in [4.69, 9.17) is 9.47 Å². The summed E-state index contributed by atoms with van der Waals surface area (Å²) >= 11 is 0. The van der Waals surface area contributed by atoms with Gasteiger partial charge >= 0.3 is 12.0 Å². The van der Waals surface area contributed by atoms with Crippen LogP contribution in [0, 0.1) is 5.82 Å². The Labute approximate surface area is 203 Å². The molecule has 0 radical (unpaired) electrons. The predicted octanol–water partition coefficient (Wildman–Crippen LogP) is 5.27. The van der Waals surface area contributed by atoms with Crippen molar-refractivity contribution in [3.8, 4) is 17.2 Å². The average molecular weight is 480 g/mol. The topological polar surface area (TPSA) is 80.7 Å². The van der Waals surface area contributed by atoms with Crippen LogP contribution in [0.25, 0.3) is 0 Å². The first-order valence-corrected chi connectivity index (χ1v) is 11.5. The summed E-state index contributed by atoms with van der Waals surface area (Å²) in [5.41, 5.74) is 1.38. The lowest BCUT2D eigenvalue weighted by Gasteiger charge is -2.32. The number of hydrogen-bond donors (Lipinski definition) is 1. The van der Waals surface area contributed by atoms with Gasteiger partial charge in [0.05, 0.1) is 0 Å². The summed E-state index contributed by atoms with van der Waals surface area (Å²) in [6.07, 6.45) is 1.44. The second kappa shape index (κ2) is 11.4. The standard InChI is InChI=1S/C27H27FN2O5/c1-19(31)34-26-7-3-6-22(17-26)29-27(32)30-14-12-25(13-15-30)35-24-10-8-23(9-11-24)33-18-20-4-2-5-21(28)16-20/h2-11,16-17,25H,12-15,18H2,1H3,(H,29,32)/p+1. The zero-order valence-electron chi connectivity index (χ0n) is 19.4. The molecular formula is C27H28FN2O5+. The van der Waals surface area contributed by atoms with Gasteiger partial charge in [0.2, 0.25) is 0 Å². The first-order valence-electron chi connectivity index (χ1n) is 11.5. The Morgan fingerprint density at radius 2 is 1.74 bits per heavy atom. The van der Waals surface area contributed by atoms with Crippen molar-refractivity contribution >= 4 is 17.7 Å². The van der Waals surface area contributed by atoms with Crippen molar-refractivity contribution in [1.29, 1.82) is 0 Å². The number of carbonyl (C=O) groups excluding carboxylic acids is 2. The van der Waals surface area contributed by atoms with Gasteiger partial charge in [-0.3, -0.25) is 4.79 Å². The number of carbonyl (C=O) groups is 2. The fraction of sp³-hybridized carbons (Fsp3) is 0.259. The Hall–Kier alpha value is -4.07. The molecule has 1 saturated heterocycles. The summed E-state index contributed by atoms with van der Waals surface area (Å²) in [4.78, 5) is 25.5. The molecule has 7 nitrogen and oxygen atoms in total. The molecule has 0 bridgehead atoms. The fourth-order valence-corrected chi connectivity index (χ4v) is 3.82. The Bertz CT molecular complexity index is 1160. The van der Waals surface area contributed by atoms with Crippen LogP contribution in [-0.2, 0) is 11.4 Å². The van der Waals surface area contributed by atoms with Gasteiger partial charge in [-0.2, -0.15) is 0 Å². The zero-order chi connectivity index (χ0) is 24.6. The maximum absolute atomic E-state index is 13.3. The van der Waals surface area contributed by atoms with Crippen LogP contribution in [0.5, 0.6) is 17.2 Å². The molecule has 1 fully saturated rings.